The molecule has 0 bridgehead atoms. The standard InChI is InChI=1S/C15H12Br2ClNO/c16-11-6-7-14(18)12(8-11)15(20)19-9-13(17)10-4-2-1-3-5-10/h1-8,13H,9H2,(H,19,20). The average molecular weight is 418 g/mol. The van der Waals surface area contributed by atoms with E-state index in [0.29, 0.717) is 17.1 Å². The normalized spacial score (nSPS) is 11.9. The van der Waals surface area contributed by atoms with Crippen molar-refractivity contribution in [1.82, 2.24) is 5.32 Å². The minimum Gasteiger partial charge on any atom is -0.351 e. The summed E-state index contributed by atoms with van der Waals surface area (Å²) in [5.41, 5.74) is 1.59. The molecule has 1 unspecified atom stereocenters. The molecule has 0 saturated heterocycles. The van der Waals surface area contributed by atoms with Crippen molar-refractivity contribution >= 4 is 49.4 Å². The maximum absolute atomic E-state index is 12.1. The van der Waals surface area contributed by atoms with Crippen molar-refractivity contribution in [3.05, 3.63) is 69.2 Å². The highest BCUT2D eigenvalue weighted by Gasteiger charge is 2.13. The van der Waals surface area contributed by atoms with Crippen LogP contribution in [0.25, 0.3) is 0 Å². The molecule has 2 rings (SSSR count). The zero-order valence-electron chi connectivity index (χ0n) is 10.4. The second-order valence-corrected chi connectivity index (χ2v) is 6.64. The van der Waals surface area contributed by atoms with Crippen LogP contribution in [0.1, 0.15) is 20.7 Å². The molecule has 20 heavy (non-hydrogen) atoms. The minimum absolute atomic E-state index is 0.0681. The summed E-state index contributed by atoms with van der Waals surface area (Å²) >= 11 is 12.9. The molecule has 5 heteroatoms. The number of carbonyl (C=O) groups excluding carboxylic acids is 1. The molecule has 2 aromatic rings. The number of amides is 1. The first-order valence-electron chi connectivity index (χ1n) is 6.00. The van der Waals surface area contributed by atoms with E-state index in [1.54, 1.807) is 18.2 Å². The molecule has 0 spiro atoms. The topological polar surface area (TPSA) is 29.1 Å². The van der Waals surface area contributed by atoms with Crippen molar-refractivity contribution in [1.29, 1.82) is 0 Å². The third-order valence-electron chi connectivity index (χ3n) is 2.78. The molecule has 0 saturated carbocycles. The maximum atomic E-state index is 12.1. The number of alkyl halides is 1. The van der Waals surface area contributed by atoms with E-state index < -0.39 is 0 Å². The third kappa shape index (κ3) is 4.08. The fourth-order valence-corrected chi connectivity index (χ4v) is 2.76. The summed E-state index contributed by atoms with van der Waals surface area (Å²) in [6, 6.07) is 15.1. The number of rotatable bonds is 4. The lowest BCUT2D eigenvalue weighted by atomic mass is 10.1. The summed E-state index contributed by atoms with van der Waals surface area (Å²) in [4.78, 5) is 12.2. The van der Waals surface area contributed by atoms with Crippen molar-refractivity contribution in [2.45, 2.75) is 4.83 Å². The Morgan fingerprint density at radius 2 is 1.90 bits per heavy atom. The first-order valence-corrected chi connectivity index (χ1v) is 8.09. The van der Waals surface area contributed by atoms with Crippen LogP contribution in [0.3, 0.4) is 0 Å². The van der Waals surface area contributed by atoms with Crippen molar-refractivity contribution in [3.8, 4) is 0 Å². The molecule has 104 valence electrons. The van der Waals surface area contributed by atoms with E-state index in [1.807, 2.05) is 30.3 Å². The lowest BCUT2D eigenvalue weighted by Crippen LogP contribution is -2.27. The number of benzene rings is 2. The molecule has 1 amide bonds. The van der Waals surface area contributed by atoms with Crippen LogP contribution in [0.5, 0.6) is 0 Å². The largest absolute Gasteiger partial charge is 0.351 e. The van der Waals surface area contributed by atoms with Crippen LogP contribution in [0, 0.1) is 0 Å². The van der Waals surface area contributed by atoms with Gasteiger partial charge in [-0.25, -0.2) is 0 Å². The number of hydrogen-bond acceptors (Lipinski definition) is 1. The molecule has 2 aromatic carbocycles. The highest BCUT2D eigenvalue weighted by molar-refractivity contribution is 9.10. The van der Waals surface area contributed by atoms with Gasteiger partial charge in [0.05, 0.1) is 15.4 Å². The predicted octanol–water partition coefficient (Wildman–Crippen LogP) is 4.97. The predicted molar refractivity (Wildman–Crippen MR) is 89.6 cm³/mol. The molecular weight excluding hydrogens is 405 g/mol. The van der Waals surface area contributed by atoms with Crippen LogP contribution >= 0.6 is 43.5 Å². The maximum Gasteiger partial charge on any atom is 0.252 e. The van der Waals surface area contributed by atoms with Gasteiger partial charge in [-0.3, -0.25) is 4.79 Å². The van der Waals surface area contributed by atoms with Gasteiger partial charge in [-0.05, 0) is 23.8 Å². The lowest BCUT2D eigenvalue weighted by molar-refractivity contribution is 0.0954. The van der Waals surface area contributed by atoms with Gasteiger partial charge in [0.1, 0.15) is 0 Å². The molecule has 0 aromatic heterocycles. The number of hydrogen-bond donors (Lipinski definition) is 1. The van der Waals surface area contributed by atoms with Crippen LogP contribution < -0.4 is 5.32 Å². The Morgan fingerprint density at radius 1 is 1.20 bits per heavy atom. The summed E-state index contributed by atoms with van der Waals surface area (Å²) in [6.07, 6.45) is 0. The van der Waals surface area contributed by atoms with Gasteiger partial charge in [-0.2, -0.15) is 0 Å². The Hall–Kier alpha value is -0.840. The summed E-state index contributed by atoms with van der Waals surface area (Å²) in [5, 5.41) is 3.32. The summed E-state index contributed by atoms with van der Waals surface area (Å²) in [7, 11) is 0. The third-order valence-corrected chi connectivity index (χ3v) is 4.45. The van der Waals surface area contributed by atoms with E-state index in [4.69, 9.17) is 11.6 Å². The zero-order valence-corrected chi connectivity index (χ0v) is 14.4. The van der Waals surface area contributed by atoms with Crippen molar-refractivity contribution < 1.29 is 4.79 Å². The molecule has 1 atom stereocenters. The summed E-state index contributed by atoms with van der Waals surface area (Å²) < 4.78 is 0.825. The first-order chi connectivity index (χ1) is 9.58. The highest BCUT2D eigenvalue weighted by Crippen LogP contribution is 2.23. The average Bonchev–Trinajstić information content (AvgIpc) is 2.47. The quantitative estimate of drug-likeness (QED) is 0.700. The molecule has 0 fully saturated rings. The van der Waals surface area contributed by atoms with E-state index in [9.17, 15) is 4.79 Å². The smallest absolute Gasteiger partial charge is 0.252 e. The zero-order chi connectivity index (χ0) is 14.5. The number of carbonyl (C=O) groups is 1. The first kappa shape index (κ1) is 15.5. The van der Waals surface area contributed by atoms with Gasteiger partial charge in [0.25, 0.3) is 5.91 Å². The Morgan fingerprint density at radius 3 is 2.60 bits per heavy atom. The van der Waals surface area contributed by atoms with Gasteiger partial charge in [0.15, 0.2) is 0 Å². The lowest BCUT2D eigenvalue weighted by Gasteiger charge is -2.12. The van der Waals surface area contributed by atoms with Crippen LogP contribution in [-0.4, -0.2) is 12.5 Å². The molecule has 0 aliphatic heterocycles. The van der Waals surface area contributed by atoms with E-state index >= 15 is 0 Å². The Balaban J connectivity index is 2.00. The Kier molecular flexibility index (Phi) is 5.64. The van der Waals surface area contributed by atoms with Gasteiger partial charge < -0.3 is 5.32 Å². The van der Waals surface area contributed by atoms with Gasteiger partial charge in [-0.15, -0.1) is 0 Å². The molecule has 0 heterocycles. The van der Waals surface area contributed by atoms with E-state index in [2.05, 4.69) is 37.2 Å². The fourth-order valence-electron chi connectivity index (χ4n) is 1.73. The number of halogens is 3. The highest BCUT2D eigenvalue weighted by atomic mass is 79.9. The van der Waals surface area contributed by atoms with E-state index in [-0.39, 0.29) is 10.7 Å². The van der Waals surface area contributed by atoms with Gasteiger partial charge in [0.2, 0.25) is 0 Å². The van der Waals surface area contributed by atoms with Crippen LogP contribution in [0.4, 0.5) is 0 Å². The number of nitrogens with one attached hydrogen (secondary N) is 1. The van der Waals surface area contributed by atoms with Crippen LogP contribution in [-0.2, 0) is 0 Å². The molecule has 2 nitrogen and oxygen atoms in total. The van der Waals surface area contributed by atoms with Gasteiger partial charge in [0, 0.05) is 11.0 Å². The SMILES string of the molecule is O=C(NCC(Br)c1ccccc1)c1cc(Br)ccc1Cl. The summed E-state index contributed by atoms with van der Waals surface area (Å²) in [5.74, 6) is -0.184. The second-order valence-electron chi connectivity index (χ2n) is 4.21. The fraction of sp³-hybridized carbons (Fsp3) is 0.133. The monoisotopic (exact) mass is 415 g/mol. The second kappa shape index (κ2) is 7.25. The van der Waals surface area contributed by atoms with Gasteiger partial charge in [-0.1, -0.05) is 73.8 Å². The molecular formula is C15H12Br2ClNO. The van der Waals surface area contributed by atoms with E-state index in [1.165, 1.54) is 0 Å². The van der Waals surface area contributed by atoms with E-state index in [0.717, 1.165) is 10.0 Å². The van der Waals surface area contributed by atoms with Crippen LogP contribution in [0.15, 0.2) is 53.0 Å². The summed E-state index contributed by atoms with van der Waals surface area (Å²) in [6.45, 7) is 0.492. The Bertz CT molecular complexity index is 604. The van der Waals surface area contributed by atoms with Gasteiger partial charge >= 0.3 is 0 Å². The molecule has 0 aliphatic carbocycles. The van der Waals surface area contributed by atoms with Crippen LogP contribution in [0.2, 0.25) is 5.02 Å². The molecule has 1 N–H and O–H groups in total. The van der Waals surface area contributed by atoms with Crippen molar-refractivity contribution in [3.63, 3.8) is 0 Å². The minimum atomic E-state index is -0.184. The van der Waals surface area contributed by atoms with Crippen molar-refractivity contribution in [2.24, 2.45) is 0 Å². The molecule has 0 radical (unpaired) electrons. The van der Waals surface area contributed by atoms with Crippen molar-refractivity contribution in [2.75, 3.05) is 6.54 Å². The molecule has 0 aliphatic rings. The Labute approximate surface area is 139 Å².